The van der Waals surface area contributed by atoms with Crippen LogP contribution >= 0.6 is 0 Å². The largest absolute Gasteiger partial charge is 0.394 e. The zero-order valence-electron chi connectivity index (χ0n) is 10.2. The third-order valence-electron chi connectivity index (χ3n) is 3.35. The van der Waals surface area contributed by atoms with Gasteiger partial charge in [0.1, 0.15) is 12.2 Å². The SMILES string of the molecule is Nc1nc2c(ccn2C2O[C@H](CO)[C@@H](O)[C@@H]2F)c(=O)[nH]1. The topological polar surface area (TPSA) is 126 Å². The van der Waals surface area contributed by atoms with Crippen LogP contribution in [0.25, 0.3) is 11.0 Å². The lowest BCUT2D eigenvalue weighted by Gasteiger charge is -2.15. The molecule has 3 rings (SSSR count). The molecule has 0 aromatic carbocycles. The van der Waals surface area contributed by atoms with Gasteiger partial charge in [0.2, 0.25) is 5.95 Å². The second kappa shape index (κ2) is 4.54. The molecule has 8 nitrogen and oxygen atoms in total. The molecule has 1 fully saturated rings. The highest BCUT2D eigenvalue weighted by Crippen LogP contribution is 2.33. The van der Waals surface area contributed by atoms with Gasteiger partial charge in [0.15, 0.2) is 18.0 Å². The summed E-state index contributed by atoms with van der Waals surface area (Å²) < 4.78 is 20.6. The van der Waals surface area contributed by atoms with E-state index < -0.39 is 36.8 Å². The zero-order chi connectivity index (χ0) is 14.4. The Hall–Kier alpha value is -1.97. The van der Waals surface area contributed by atoms with E-state index in [2.05, 4.69) is 9.97 Å². The van der Waals surface area contributed by atoms with E-state index in [4.69, 9.17) is 15.6 Å². The van der Waals surface area contributed by atoms with E-state index in [1.54, 1.807) is 0 Å². The molecule has 0 aliphatic carbocycles. The fourth-order valence-corrected chi connectivity index (χ4v) is 2.34. The molecule has 1 aliphatic heterocycles. The standard InChI is InChI=1S/C11H13FN4O4/c12-6-7(18)5(3-17)20-10(6)16-2-1-4-8(16)14-11(13)15-9(4)19/h1-2,5-7,10,17-18H,3H2,(H3,13,14,15,19)/t5-,6+,7-,10?/m1/s1. The second-order valence-electron chi connectivity index (χ2n) is 4.59. The van der Waals surface area contributed by atoms with Gasteiger partial charge in [-0.15, -0.1) is 0 Å². The molecule has 0 radical (unpaired) electrons. The molecule has 2 aromatic rings. The molecule has 0 saturated carbocycles. The van der Waals surface area contributed by atoms with Gasteiger partial charge in [0, 0.05) is 6.20 Å². The van der Waals surface area contributed by atoms with Gasteiger partial charge in [-0.05, 0) is 6.07 Å². The summed E-state index contributed by atoms with van der Waals surface area (Å²) in [6.45, 7) is -0.507. The first-order valence-corrected chi connectivity index (χ1v) is 5.97. The summed E-state index contributed by atoms with van der Waals surface area (Å²) in [5.41, 5.74) is 5.17. The highest BCUT2D eigenvalue weighted by atomic mass is 19.1. The van der Waals surface area contributed by atoms with Crippen LogP contribution in [0.1, 0.15) is 6.23 Å². The normalized spacial score (nSPS) is 30.1. The summed E-state index contributed by atoms with van der Waals surface area (Å²) in [7, 11) is 0. The molecule has 4 atom stereocenters. The molecule has 20 heavy (non-hydrogen) atoms. The fourth-order valence-electron chi connectivity index (χ4n) is 2.34. The Morgan fingerprint density at radius 3 is 3.00 bits per heavy atom. The van der Waals surface area contributed by atoms with Crippen LogP contribution < -0.4 is 11.3 Å². The van der Waals surface area contributed by atoms with Crippen LogP contribution in [0.4, 0.5) is 10.3 Å². The number of aromatic amines is 1. The van der Waals surface area contributed by atoms with Crippen molar-refractivity contribution < 1.29 is 19.3 Å². The molecule has 5 N–H and O–H groups in total. The molecule has 1 saturated heterocycles. The lowest BCUT2D eigenvalue weighted by Crippen LogP contribution is -2.30. The molecule has 1 aliphatic rings. The monoisotopic (exact) mass is 284 g/mol. The van der Waals surface area contributed by atoms with E-state index in [0.717, 1.165) is 0 Å². The number of aromatic nitrogens is 3. The van der Waals surface area contributed by atoms with Gasteiger partial charge in [-0.3, -0.25) is 9.78 Å². The molecule has 2 aromatic heterocycles. The summed E-state index contributed by atoms with van der Waals surface area (Å²) in [6, 6.07) is 1.45. The Labute approximate surface area is 111 Å². The van der Waals surface area contributed by atoms with Crippen molar-refractivity contribution in [2.75, 3.05) is 12.3 Å². The lowest BCUT2D eigenvalue weighted by atomic mass is 10.1. The lowest BCUT2D eigenvalue weighted by molar-refractivity contribution is -0.0457. The number of aliphatic hydroxyl groups is 2. The molecule has 0 bridgehead atoms. The van der Waals surface area contributed by atoms with E-state index in [9.17, 15) is 14.3 Å². The van der Waals surface area contributed by atoms with Crippen LogP contribution in [0, 0.1) is 0 Å². The third kappa shape index (κ3) is 1.79. The van der Waals surface area contributed by atoms with Crippen LogP contribution in [-0.2, 0) is 4.74 Å². The van der Waals surface area contributed by atoms with Gasteiger partial charge in [-0.2, -0.15) is 4.98 Å². The molecular formula is C11H13FN4O4. The predicted octanol–water partition coefficient (Wildman–Crippen LogP) is -1.10. The molecule has 3 heterocycles. The van der Waals surface area contributed by atoms with Gasteiger partial charge in [-0.25, -0.2) is 4.39 Å². The number of rotatable bonds is 2. The van der Waals surface area contributed by atoms with E-state index in [-0.39, 0.29) is 17.0 Å². The number of nitrogens with zero attached hydrogens (tertiary/aromatic N) is 2. The number of halogens is 1. The van der Waals surface area contributed by atoms with Crippen molar-refractivity contribution in [1.82, 2.24) is 14.5 Å². The molecule has 1 unspecified atom stereocenters. The number of nitrogens with one attached hydrogen (secondary N) is 1. The number of fused-ring (bicyclic) bond motifs is 1. The van der Waals surface area contributed by atoms with E-state index in [1.807, 2.05) is 0 Å². The van der Waals surface area contributed by atoms with Crippen molar-refractivity contribution in [3.8, 4) is 0 Å². The molecule has 9 heteroatoms. The Morgan fingerprint density at radius 1 is 1.60 bits per heavy atom. The van der Waals surface area contributed by atoms with Gasteiger partial charge < -0.3 is 25.3 Å². The number of hydrogen-bond donors (Lipinski definition) is 4. The average Bonchev–Trinajstić information content (AvgIpc) is 2.93. The summed E-state index contributed by atoms with van der Waals surface area (Å²) in [4.78, 5) is 18.0. The van der Waals surface area contributed by atoms with Crippen molar-refractivity contribution in [3.63, 3.8) is 0 Å². The first-order valence-electron chi connectivity index (χ1n) is 5.97. The van der Waals surface area contributed by atoms with Crippen molar-refractivity contribution in [3.05, 3.63) is 22.6 Å². The Morgan fingerprint density at radius 2 is 2.35 bits per heavy atom. The minimum Gasteiger partial charge on any atom is -0.394 e. The average molecular weight is 284 g/mol. The van der Waals surface area contributed by atoms with Gasteiger partial charge in [0.05, 0.1) is 12.0 Å². The summed E-state index contributed by atoms with van der Waals surface area (Å²) >= 11 is 0. The number of aliphatic hydroxyl groups excluding tert-OH is 2. The highest BCUT2D eigenvalue weighted by Gasteiger charge is 2.45. The number of anilines is 1. The number of H-pyrrole nitrogens is 1. The second-order valence-corrected chi connectivity index (χ2v) is 4.59. The minimum atomic E-state index is -1.75. The first kappa shape index (κ1) is 13.0. The van der Waals surface area contributed by atoms with Gasteiger partial charge in [0.25, 0.3) is 5.56 Å². The molecular weight excluding hydrogens is 271 g/mol. The summed E-state index contributed by atoms with van der Waals surface area (Å²) in [5.74, 6) is -0.102. The summed E-state index contributed by atoms with van der Waals surface area (Å²) in [6.07, 6.45) is -3.96. The van der Waals surface area contributed by atoms with Gasteiger partial charge >= 0.3 is 0 Å². The Bertz CT molecular complexity index is 699. The van der Waals surface area contributed by atoms with Crippen LogP contribution in [-0.4, -0.2) is 49.7 Å². The molecule has 0 amide bonds. The number of ether oxygens (including phenoxy) is 1. The van der Waals surface area contributed by atoms with Gasteiger partial charge in [-0.1, -0.05) is 0 Å². The van der Waals surface area contributed by atoms with E-state index in [1.165, 1.54) is 16.8 Å². The van der Waals surface area contributed by atoms with Crippen molar-refractivity contribution in [2.24, 2.45) is 0 Å². The maximum absolute atomic E-state index is 14.1. The first-order chi connectivity index (χ1) is 9.52. The number of nitrogen functional groups attached to an aromatic ring is 1. The Kier molecular flexibility index (Phi) is 2.96. The maximum Gasteiger partial charge on any atom is 0.261 e. The fraction of sp³-hybridized carbons (Fsp3) is 0.455. The van der Waals surface area contributed by atoms with E-state index in [0.29, 0.717) is 0 Å². The van der Waals surface area contributed by atoms with Crippen molar-refractivity contribution in [2.45, 2.75) is 24.6 Å². The third-order valence-corrected chi connectivity index (χ3v) is 3.35. The minimum absolute atomic E-state index is 0.102. The van der Waals surface area contributed by atoms with Crippen molar-refractivity contribution >= 4 is 17.0 Å². The van der Waals surface area contributed by atoms with Crippen LogP contribution in [0.15, 0.2) is 17.1 Å². The highest BCUT2D eigenvalue weighted by molar-refractivity contribution is 5.76. The smallest absolute Gasteiger partial charge is 0.261 e. The number of hydrogen-bond acceptors (Lipinski definition) is 6. The number of alkyl halides is 1. The van der Waals surface area contributed by atoms with Crippen LogP contribution in [0.2, 0.25) is 0 Å². The molecule has 108 valence electrons. The quantitative estimate of drug-likeness (QED) is 0.554. The maximum atomic E-state index is 14.1. The van der Waals surface area contributed by atoms with Crippen molar-refractivity contribution in [1.29, 1.82) is 0 Å². The van der Waals surface area contributed by atoms with E-state index >= 15 is 0 Å². The Balaban J connectivity index is 2.09. The summed E-state index contributed by atoms with van der Waals surface area (Å²) in [5, 5.41) is 18.9. The zero-order valence-corrected chi connectivity index (χ0v) is 10.2. The predicted molar refractivity (Wildman–Crippen MR) is 66.7 cm³/mol. The number of nitrogens with two attached hydrogens (primary N) is 1. The van der Waals surface area contributed by atoms with Crippen LogP contribution in [0.5, 0.6) is 0 Å². The van der Waals surface area contributed by atoms with Crippen LogP contribution in [0.3, 0.4) is 0 Å². The molecule has 0 spiro atoms.